The Bertz CT molecular complexity index is 281. The van der Waals surface area contributed by atoms with Gasteiger partial charge in [0.1, 0.15) is 0 Å². The van der Waals surface area contributed by atoms with Gasteiger partial charge in [-0.15, -0.1) is 24.0 Å². The van der Waals surface area contributed by atoms with Gasteiger partial charge in [-0.05, 0) is 39.2 Å². The molecule has 22 heavy (non-hydrogen) atoms. The fourth-order valence-electron chi connectivity index (χ4n) is 2.55. The van der Waals surface area contributed by atoms with Crippen LogP contribution in [0.3, 0.4) is 0 Å². The summed E-state index contributed by atoms with van der Waals surface area (Å²) in [7, 11) is 0. The van der Waals surface area contributed by atoms with Gasteiger partial charge in [-0.1, -0.05) is 19.8 Å². The summed E-state index contributed by atoms with van der Waals surface area (Å²) in [6.07, 6.45) is 6.58. The fraction of sp³-hybridized carbons (Fsp3) is 0.938. The maximum Gasteiger partial charge on any atom is 0.191 e. The Morgan fingerprint density at radius 3 is 2.50 bits per heavy atom. The second kappa shape index (κ2) is 14.5. The Labute approximate surface area is 153 Å². The normalized spacial score (nSPS) is 17.1. The summed E-state index contributed by atoms with van der Waals surface area (Å²) in [5.41, 5.74) is 0. The largest absolute Gasteiger partial charge is 0.393 e. The second-order valence-corrected chi connectivity index (χ2v) is 5.82. The first-order valence-corrected chi connectivity index (χ1v) is 8.68. The third kappa shape index (κ3) is 10.6. The van der Waals surface area contributed by atoms with E-state index in [4.69, 9.17) is 0 Å². The lowest BCUT2D eigenvalue weighted by atomic mass is 10.1. The van der Waals surface area contributed by atoms with Crippen LogP contribution >= 0.6 is 24.0 Å². The van der Waals surface area contributed by atoms with Gasteiger partial charge in [-0.3, -0.25) is 4.99 Å². The maximum atomic E-state index is 9.49. The van der Waals surface area contributed by atoms with Crippen molar-refractivity contribution in [1.29, 1.82) is 0 Å². The number of rotatable bonds is 9. The molecule has 0 aromatic heterocycles. The average Bonchev–Trinajstić information content (AvgIpc) is 2.49. The highest BCUT2D eigenvalue weighted by Gasteiger charge is 2.15. The Balaban J connectivity index is 0.00000441. The number of piperidine rings is 1. The number of aliphatic imine (C=N–C) groups is 1. The summed E-state index contributed by atoms with van der Waals surface area (Å²) in [6, 6.07) is 0. The maximum absolute atomic E-state index is 9.49. The predicted molar refractivity (Wildman–Crippen MR) is 105 cm³/mol. The Kier molecular flexibility index (Phi) is 14.5. The summed E-state index contributed by atoms with van der Waals surface area (Å²) in [6.45, 7) is 10.2. The van der Waals surface area contributed by atoms with Gasteiger partial charge in [0.15, 0.2) is 5.96 Å². The van der Waals surface area contributed by atoms with Crippen molar-refractivity contribution >= 4 is 29.9 Å². The van der Waals surface area contributed by atoms with E-state index in [0.29, 0.717) is 0 Å². The molecule has 0 amide bonds. The van der Waals surface area contributed by atoms with Crippen molar-refractivity contribution in [1.82, 2.24) is 15.5 Å². The third-order valence-corrected chi connectivity index (χ3v) is 3.88. The van der Waals surface area contributed by atoms with Crippen molar-refractivity contribution < 1.29 is 5.11 Å². The van der Waals surface area contributed by atoms with Gasteiger partial charge >= 0.3 is 0 Å². The molecule has 0 aliphatic carbocycles. The quantitative estimate of drug-likeness (QED) is 0.229. The molecular formula is C16H35IN4O. The van der Waals surface area contributed by atoms with Crippen LogP contribution in [-0.4, -0.2) is 61.3 Å². The molecule has 0 radical (unpaired) electrons. The lowest BCUT2D eigenvalue weighted by molar-refractivity contribution is 0.0824. The number of halogens is 1. The average molecular weight is 426 g/mol. The van der Waals surface area contributed by atoms with E-state index in [9.17, 15) is 5.11 Å². The standard InChI is InChI=1S/C16H34N4O.HI/c1-3-5-6-10-18-16(17-4-2)19-11-7-12-20-13-8-15(21)9-14-20;/h15,21H,3-14H2,1-2H3,(H2,17,18,19);1H. The minimum absolute atomic E-state index is 0. The van der Waals surface area contributed by atoms with Crippen molar-refractivity contribution in [2.45, 2.75) is 58.5 Å². The predicted octanol–water partition coefficient (Wildman–Crippen LogP) is 2.20. The highest BCUT2D eigenvalue weighted by molar-refractivity contribution is 14.0. The summed E-state index contributed by atoms with van der Waals surface area (Å²) in [4.78, 5) is 7.06. The first-order valence-electron chi connectivity index (χ1n) is 8.68. The van der Waals surface area contributed by atoms with E-state index in [-0.39, 0.29) is 30.1 Å². The molecule has 6 heteroatoms. The molecule has 1 heterocycles. The molecule has 5 nitrogen and oxygen atoms in total. The lowest BCUT2D eigenvalue weighted by Gasteiger charge is -2.29. The molecule has 1 fully saturated rings. The summed E-state index contributed by atoms with van der Waals surface area (Å²) >= 11 is 0. The van der Waals surface area contributed by atoms with Gasteiger partial charge < -0.3 is 20.6 Å². The molecule has 1 aliphatic heterocycles. The van der Waals surface area contributed by atoms with Gasteiger partial charge in [-0.25, -0.2) is 0 Å². The molecule has 0 aromatic rings. The van der Waals surface area contributed by atoms with E-state index in [0.717, 1.165) is 64.5 Å². The first kappa shape index (κ1) is 21.9. The molecule has 1 rings (SSSR count). The van der Waals surface area contributed by atoms with Crippen LogP contribution in [0.2, 0.25) is 0 Å². The van der Waals surface area contributed by atoms with Crippen LogP contribution in [0, 0.1) is 0 Å². The molecule has 0 atom stereocenters. The Morgan fingerprint density at radius 1 is 1.14 bits per heavy atom. The van der Waals surface area contributed by atoms with E-state index >= 15 is 0 Å². The van der Waals surface area contributed by atoms with Crippen LogP contribution < -0.4 is 10.6 Å². The number of nitrogens with zero attached hydrogens (tertiary/aromatic N) is 2. The van der Waals surface area contributed by atoms with Crippen molar-refractivity contribution in [2.24, 2.45) is 4.99 Å². The monoisotopic (exact) mass is 426 g/mol. The summed E-state index contributed by atoms with van der Waals surface area (Å²) in [5.74, 6) is 0.947. The molecule has 132 valence electrons. The molecule has 1 aliphatic rings. The van der Waals surface area contributed by atoms with Crippen molar-refractivity contribution in [3.63, 3.8) is 0 Å². The number of nitrogens with one attached hydrogen (secondary N) is 2. The van der Waals surface area contributed by atoms with Gasteiger partial charge in [0.2, 0.25) is 0 Å². The second-order valence-electron chi connectivity index (χ2n) is 5.82. The number of aliphatic hydroxyl groups is 1. The van der Waals surface area contributed by atoms with Crippen LogP contribution in [0.1, 0.15) is 52.4 Å². The molecular weight excluding hydrogens is 391 g/mol. The number of hydrogen-bond acceptors (Lipinski definition) is 3. The van der Waals surface area contributed by atoms with E-state index < -0.39 is 0 Å². The van der Waals surface area contributed by atoms with E-state index in [1.165, 1.54) is 19.3 Å². The molecule has 3 N–H and O–H groups in total. The van der Waals surface area contributed by atoms with Crippen LogP contribution in [0.15, 0.2) is 4.99 Å². The van der Waals surface area contributed by atoms with Gasteiger partial charge in [-0.2, -0.15) is 0 Å². The number of likely N-dealkylation sites (tertiary alicyclic amines) is 1. The Morgan fingerprint density at radius 2 is 1.86 bits per heavy atom. The minimum atomic E-state index is -0.0769. The zero-order valence-electron chi connectivity index (χ0n) is 14.3. The van der Waals surface area contributed by atoms with Crippen LogP contribution in [-0.2, 0) is 0 Å². The van der Waals surface area contributed by atoms with E-state index in [1.807, 2.05) is 0 Å². The molecule has 0 spiro atoms. The van der Waals surface area contributed by atoms with E-state index in [2.05, 4.69) is 34.4 Å². The number of aliphatic hydroxyl groups excluding tert-OH is 1. The smallest absolute Gasteiger partial charge is 0.191 e. The first-order chi connectivity index (χ1) is 10.3. The molecule has 1 saturated heterocycles. The highest BCUT2D eigenvalue weighted by atomic mass is 127. The topological polar surface area (TPSA) is 59.9 Å². The third-order valence-electron chi connectivity index (χ3n) is 3.88. The minimum Gasteiger partial charge on any atom is -0.393 e. The number of unbranched alkanes of at least 4 members (excludes halogenated alkanes) is 2. The van der Waals surface area contributed by atoms with Crippen molar-refractivity contribution in [3.05, 3.63) is 0 Å². The van der Waals surface area contributed by atoms with Gasteiger partial charge in [0, 0.05) is 32.7 Å². The fourth-order valence-corrected chi connectivity index (χ4v) is 2.55. The molecule has 0 saturated carbocycles. The zero-order valence-corrected chi connectivity index (χ0v) is 16.6. The number of hydrogen-bond donors (Lipinski definition) is 3. The highest BCUT2D eigenvalue weighted by Crippen LogP contribution is 2.09. The Hall–Kier alpha value is -0.0800. The molecule has 0 aromatic carbocycles. The van der Waals surface area contributed by atoms with Gasteiger partial charge in [0.05, 0.1) is 6.10 Å². The zero-order chi connectivity index (χ0) is 15.3. The van der Waals surface area contributed by atoms with E-state index in [1.54, 1.807) is 0 Å². The summed E-state index contributed by atoms with van der Waals surface area (Å²) in [5, 5.41) is 16.2. The van der Waals surface area contributed by atoms with Crippen molar-refractivity contribution in [2.75, 3.05) is 39.3 Å². The van der Waals surface area contributed by atoms with Crippen LogP contribution in [0.25, 0.3) is 0 Å². The molecule has 0 unspecified atom stereocenters. The summed E-state index contributed by atoms with van der Waals surface area (Å²) < 4.78 is 0. The number of guanidine groups is 1. The van der Waals surface area contributed by atoms with Crippen LogP contribution in [0.5, 0.6) is 0 Å². The van der Waals surface area contributed by atoms with Crippen molar-refractivity contribution in [3.8, 4) is 0 Å². The SMILES string of the molecule is CCCCCNC(=NCCCN1CCC(O)CC1)NCC.I. The van der Waals surface area contributed by atoms with Gasteiger partial charge in [0.25, 0.3) is 0 Å². The molecule has 0 bridgehead atoms. The van der Waals surface area contributed by atoms with Crippen LogP contribution in [0.4, 0.5) is 0 Å². The lowest BCUT2D eigenvalue weighted by Crippen LogP contribution is -2.38.